The van der Waals surface area contributed by atoms with Gasteiger partial charge in [0.15, 0.2) is 5.78 Å². The molecule has 168 valence electrons. The van der Waals surface area contributed by atoms with Crippen molar-refractivity contribution in [1.82, 2.24) is 0 Å². The Hall–Kier alpha value is -0.850. The van der Waals surface area contributed by atoms with Crippen molar-refractivity contribution in [2.45, 2.75) is 99.3 Å². The summed E-state index contributed by atoms with van der Waals surface area (Å²) in [7, 11) is 0. The average Bonchev–Trinajstić information content (AvgIpc) is 3.06. The van der Waals surface area contributed by atoms with Crippen molar-refractivity contribution in [2.24, 2.45) is 52.3 Å². The first-order valence-electron chi connectivity index (χ1n) is 13.1. The maximum absolute atomic E-state index is 12.0. The van der Waals surface area contributed by atoms with Crippen LogP contribution in [0.3, 0.4) is 0 Å². The lowest BCUT2D eigenvalue weighted by molar-refractivity contribution is -0.111. The molecule has 1 heteroatoms. The van der Waals surface area contributed by atoms with Gasteiger partial charge in [0.2, 0.25) is 0 Å². The molecule has 0 amide bonds. The smallest absolute Gasteiger partial charge is 0.178 e. The Morgan fingerprint density at radius 2 is 1.80 bits per heavy atom. The van der Waals surface area contributed by atoms with Gasteiger partial charge in [-0.05, 0) is 104 Å². The number of hydrogen-bond donors (Lipinski definition) is 0. The van der Waals surface area contributed by atoms with E-state index < -0.39 is 0 Å². The monoisotopic (exact) mass is 410 g/mol. The van der Waals surface area contributed by atoms with Crippen LogP contribution in [0.25, 0.3) is 0 Å². The van der Waals surface area contributed by atoms with Crippen molar-refractivity contribution in [2.75, 3.05) is 0 Å². The molecule has 0 heterocycles. The second kappa shape index (κ2) is 8.25. The van der Waals surface area contributed by atoms with E-state index in [1.165, 1.54) is 56.9 Å². The third-order valence-corrected chi connectivity index (χ3v) is 10.8. The Balaban J connectivity index is 1.48. The van der Waals surface area contributed by atoms with E-state index in [1.54, 1.807) is 0 Å². The van der Waals surface area contributed by atoms with Gasteiger partial charge < -0.3 is 0 Å². The Morgan fingerprint density at radius 3 is 2.50 bits per heavy atom. The molecule has 0 aromatic carbocycles. The predicted molar refractivity (Wildman–Crippen MR) is 127 cm³/mol. The van der Waals surface area contributed by atoms with Gasteiger partial charge in [0.1, 0.15) is 0 Å². The maximum atomic E-state index is 12.0. The minimum atomic E-state index is 0.146. The molecule has 4 aliphatic carbocycles. The van der Waals surface area contributed by atoms with Crippen LogP contribution in [0, 0.1) is 52.3 Å². The quantitative estimate of drug-likeness (QED) is 0.433. The van der Waals surface area contributed by atoms with E-state index in [-0.39, 0.29) is 11.2 Å². The summed E-state index contributed by atoms with van der Waals surface area (Å²) < 4.78 is 0. The van der Waals surface area contributed by atoms with E-state index in [0.717, 1.165) is 47.8 Å². The predicted octanol–water partition coefficient (Wildman–Crippen LogP) is 8.01. The number of fused-ring (bicyclic) bond motifs is 5. The molecule has 0 radical (unpaired) electrons. The summed E-state index contributed by atoms with van der Waals surface area (Å²) in [6.45, 7) is 14.9. The fourth-order valence-corrected chi connectivity index (χ4v) is 8.86. The summed E-state index contributed by atoms with van der Waals surface area (Å²) in [5, 5.41) is 0. The van der Waals surface area contributed by atoms with Crippen LogP contribution < -0.4 is 0 Å². The van der Waals surface area contributed by atoms with E-state index in [1.807, 2.05) is 12.2 Å². The summed E-state index contributed by atoms with van der Waals surface area (Å²) in [6, 6.07) is 0. The Bertz CT molecular complexity index is 714. The van der Waals surface area contributed by atoms with Crippen molar-refractivity contribution < 1.29 is 4.79 Å². The summed E-state index contributed by atoms with van der Waals surface area (Å²) >= 11 is 0. The number of rotatable bonds is 6. The first-order chi connectivity index (χ1) is 14.2. The molecule has 0 aliphatic heterocycles. The van der Waals surface area contributed by atoms with Crippen LogP contribution in [0.4, 0.5) is 0 Å². The van der Waals surface area contributed by atoms with E-state index >= 15 is 0 Å². The van der Waals surface area contributed by atoms with Crippen molar-refractivity contribution in [3.05, 3.63) is 23.8 Å². The molecular weight excluding hydrogens is 364 g/mol. The van der Waals surface area contributed by atoms with Crippen LogP contribution in [0.1, 0.15) is 99.3 Å². The van der Waals surface area contributed by atoms with Crippen molar-refractivity contribution >= 4 is 5.78 Å². The molecule has 0 aromatic heterocycles. The normalized spacial score (nSPS) is 42.4. The van der Waals surface area contributed by atoms with Gasteiger partial charge in [-0.2, -0.15) is 0 Å². The first kappa shape index (κ1) is 22.3. The number of carbonyl (C=O) groups excluding carboxylic acids is 1. The molecule has 30 heavy (non-hydrogen) atoms. The molecule has 0 N–H and O–H groups in total. The molecule has 7 unspecified atom stereocenters. The van der Waals surface area contributed by atoms with Crippen molar-refractivity contribution in [1.29, 1.82) is 0 Å². The van der Waals surface area contributed by atoms with Gasteiger partial charge in [-0.25, -0.2) is 0 Å². The van der Waals surface area contributed by atoms with Crippen LogP contribution in [0.2, 0.25) is 0 Å². The molecule has 1 nitrogen and oxygen atoms in total. The lowest BCUT2D eigenvalue weighted by Gasteiger charge is -2.57. The van der Waals surface area contributed by atoms with E-state index in [9.17, 15) is 4.79 Å². The molecule has 4 rings (SSSR count). The second-order valence-electron chi connectivity index (χ2n) is 12.3. The van der Waals surface area contributed by atoms with Crippen LogP contribution in [-0.4, -0.2) is 5.78 Å². The molecule has 3 fully saturated rings. The van der Waals surface area contributed by atoms with Gasteiger partial charge >= 0.3 is 0 Å². The minimum absolute atomic E-state index is 0.146. The van der Waals surface area contributed by atoms with E-state index in [0.29, 0.717) is 5.41 Å². The van der Waals surface area contributed by atoms with Crippen molar-refractivity contribution in [3.8, 4) is 0 Å². The zero-order valence-corrected chi connectivity index (χ0v) is 20.5. The molecule has 8 atom stereocenters. The minimum Gasteiger partial charge on any atom is -0.290 e. The number of ketones is 1. The number of hydrogen-bond acceptors (Lipinski definition) is 1. The number of allylic oxidation sites excluding steroid dienone is 4. The highest BCUT2D eigenvalue weighted by Gasteiger charge is 2.58. The van der Waals surface area contributed by atoms with Crippen LogP contribution >= 0.6 is 0 Å². The average molecular weight is 411 g/mol. The van der Waals surface area contributed by atoms with E-state index in [4.69, 9.17) is 0 Å². The fourth-order valence-electron chi connectivity index (χ4n) is 8.86. The number of carbonyl (C=O) groups is 1. The summed E-state index contributed by atoms with van der Waals surface area (Å²) in [5.74, 6) is 6.23. The third-order valence-electron chi connectivity index (χ3n) is 10.8. The van der Waals surface area contributed by atoms with Crippen LogP contribution in [0.15, 0.2) is 23.8 Å². The first-order valence-corrected chi connectivity index (χ1v) is 13.1. The Kier molecular flexibility index (Phi) is 6.15. The molecule has 4 aliphatic rings. The fraction of sp³-hybridized carbons (Fsp3) is 0.828. The second-order valence-corrected chi connectivity index (χ2v) is 12.3. The molecule has 3 saturated carbocycles. The van der Waals surface area contributed by atoms with Crippen LogP contribution in [-0.2, 0) is 4.79 Å². The summed E-state index contributed by atoms with van der Waals surface area (Å²) in [6.07, 6.45) is 18.4. The lowest BCUT2D eigenvalue weighted by Crippen LogP contribution is -2.50. The lowest BCUT2D eigenvalue weighted by atomic mass is 9.47. The highest BCUT2D eigenvalue weighted by Crippen LogP contribution is 2.67. The third kappa shape index (κ3) is 3.57. The topological polar surface area (TPSA) is 17.1 Å². The van der Waals surface area contributed by atoms with Gasteiger partial charge in [-0.15, -0.1) is 0 Å². The molecule has 0 aromatic rings. The van der Waals surface area contributed by atoms with E-state index in [2.05, 4.69) is 47.6 Å². The standard InChI is InChI=1S/C29H46O/c1-7-21(19(2)3)9-8-20(4)25-12-13-26-24-11-10-22-18-23(30)14-16-28(22,5)27(24)15-17-29(25,26)6/h14,16,18-21,24-27H,7-13,15,17H2,1-6H3/t20-,21?,24?,25?,26?,27?,28?,29?/m1/s1. The maximum Gasteiger partial charge on any atom is 0.178 e. The highest BCUT2D eigenvalue weighted by molar-refractivity contribution is 6.01. The highest BCUT2D eigenvalue weighted by atomic mass is 16.1. The Labute approximate surface area is 186 Å². The SMILES string of the molecule is CCC(CC[C@@H](C)C1CCC2C3CCC4=CC(=O)C=CC4(C)C3CCC21C)C(C)C. The van der Waals surface area contributed by atoms with Gasteiger partial charge in [0.05, 0.1) is 0 Å². The van der Waals surface area contributed by atoms with Gasteiger partial charge in [0.25, 0.3) is 0 Å². The largest absolute Gasteiger partial charge is 0.290 e. The molecule has 0 spiro atoms. The van der Waals surface area contributed by atoms with Gasteiger partial charge in [0, 0.05) is 5.41 Å². The van der Waals surface area contributed by atoms with Gasteiger partial charge in [-0.3, -0.25) is 4.79 Å². The van der Waals surface area contributed by atoms with Crippen LogP contribution in [0.5, 0.6) is 0 Å². The van der Waals surface area contributed by atoms with Gasteiger partial charge in [-0.1, -0.05) is 66.0 Å². The zero-order chi connectivity index (χ0) is 21.7. The Morgan fingerprint density at radius 1 is 1.03 bits per heavy atom. The molecule has 0 bridgehead atoms. The summed E-state index contributed by atoms with van der Waals surface area (Å²) in [5.41, 5.74) is 2.13. The molecule has 0 saturated heterocycles. The zero-order valence-electron chi connectivity index (χ0n) is 20.5. The molecular formula is C29H46O. The van der Waals surface area contributed by atoms with Crippen molar-refractivity contribution in [3.63, 3.8) is 0 Å². The summed E-state index contributed by atoms with van der Waals surface area (Å²) in [4.78, 5) is 12.0.